The lowest BCUT2D eigenvalue weighted by Crippen LogP contribution is -2.30. The molecular formula is C17H21ClN4O. The van der Waals surface area contributed by atoms with Crippen LogP contribution in [0.25, 0.3) is 11.3 Å². The molecule has 2 heterocycles. The number of benzene rings is 1. The van der Waals surface area contributed by atoms with Gasteiger partial charge < -0.3 is 10.2 Å². The molecule has 23 heavy (non-hydrogen) atoms. The zero-order valence-corrected chi connectivity index (χ0v) is 14.2. The Balaban J connectivity index is 1.89. The Morgan fingerprint density at radius 2 is 2.22 bits per heavy atom. The number of rotatable bonds is 4. The number of hydrogen-bond donors (Lipinski definition) is 1. The van der Waals surface area contributed by atoms with Crippen LogP contribution in [0, 0.1) is 5.92 Å². The Morgan fingerprint density at radius 1 is 1.43 bits per heavy atom. The molecule has 1 aliphatic heterocycles. The zero-order valence-electron chi connectivity index (χ0n) is 13.4. The van der Waals surface area contributed by atoms with E-state index in [2.05, 4.69) is 10.4 Å². The molecule has 122 valence electrons. The molecule has 0 spiro atoms. The largest absolute Gasteiger partial charge is 0.338 e. The summed E-state index contributed by atoms with van der Waals surface area (Å²) in [6.07, 6.45) is 2.82. The molecule has 0 saturated carbocycles. The Labute approximate surface area is 141 Å². The quantitative estimate of drug-likeness (QED) is 0.935. The Bertz CT molecular complexity index is 712. The highest BCUT2D eigenvalue weighted by molar-refractivity contribution is 6.33. The molecule has 1 aromatic heterocycles. The molecular weight excluding hydrogens is 312 g/mol. The van der Waals surface area contributed by atoms with Gasteiger partial charge in [-0.3, -0.25) is 9.48 Å². The van der Waals surface area contributed by atoms with E-state index in [-0.39, 0.29) is 5.91 Å². The molecule has 1 amide bonds. The average molecular weight is 333 g/mol. The fourth-order valence-electron chi connectivity index (χ4n) is 3.14. The lowest BCUT2D eigenvalue weighted by Gasteiger charge is -2.16. The van der Waals surface area contributed by atoms with Crippen molar-refractivity contribution < 1.29 is 4.79 Å². The van der Waals surface area contributed by atoms with Gasteiger partial charge in [0.25, 0.3) is 5.91 Å². The van der Waals surface area contributed by atoms with E-state index in [1.165, 1.54) is 0 Å². The van der Waals surface area contributed by atoms with Crippen molar-refractivity contribution in [2.45, 2.75) is 6.42 Å². The maximum Gasteiger partial charge on any atom is 0.257 e. The molecule has 0 radical (unpaired) electrons. The lowest BCUT2D eigenvalue weighted by molar-refractivity contribution is 0.0788. The third-order valence-corrected chi connectivity index (χ3v) is 4.58. The summed E-state index contributed by atoms with van der Waals surface area (Å²) in [6.45, 7) is 2.52. The molecule has 1 aliphatic rings. The second-order valence-corrected chi connectivity index (χ2v) is 6.42. The van der Waals surface area contributed by atoms with Crippen molar-refractivity contribution in [1.29, 1.82) is 0 Å². The molecule has 2 aromatic rings. The first kappa shape index (κ1) is 16.0. The summed E-state index contributed by atoms with van der Waals surface area (Å²) in [7, 11) is 3.77. The zero-order chi connectivity index (χ0) is 16.4. The van der Waals surface area contributed by atoms with E-state index in [9.17, 15) is 4.79 Å². The highest BCUT2D eigenvalue weighted by atomic mass is 35.5. The maximum atomic E-state index is 12.9. The molecule has 0 bridgehead atoms. The Kier molecular flexibility index (Phi) is 4.68. The third-order valence-electron chi connectivity index (χ3n) is 4.25. The Hall–Kier alpha value is -1.85. The van der Waals surface area contributed by atoms with Crippen molar-refractivity contribution in [3.8, 4) is 11.3 Å². The summed E-state index contributed by atoms with van der Waals surface area (Å²) in [5.74, 6) is 0.552. The van der Waals surface area contributed by atoms with E-state index in [1.807, 2.05) is 43.3 Å². The number of carbonyl (C=O) groups is 1. The van der Waals surface area contributed by atoms with Crippen molar-refractivity contribution in [3.63, 3.8) is 0 Å². The predicted molar refractivity (Wildman–Crippen MR) is 91.6 cm³/mol. The van der Waals surface area contributed by atoms with Crippen LogP contribution >= 0.6 is 11.6 Å². The molecule has 3 rings (SSSR count). The fraction of sp³-hybridized carbons (Fsp3) is 0.412. The molecule has 1 atom stereocenters. The number of nitrogens with one attached hydrogen (secondary N) is 1. The monoisotopic (exact) mass is 332 g/mol. The van der Waals surface area contributed by atoms with Gasteiger partial charge in [0.1, 0.15) is 5.69 Å². The standard InChI is InChI=1S/C17H21ClN4O/c1-19-9-12-7-8-22(10-12)17(23)14-11-21(2)20-16(14)13-5-3-4-6-15(13)18/h3-6,11-12,19H,7-10H2,1-2H3/t12-/m0/s1. The molecule has 1 saturated heterocycles. The van der Waals surface area contributed by atoms with Crippen LogP contribution in [-0.2, 0) is 7.05 Å². The molecule has 0 aliphatic carbocycles. The molecule has 0 unspecified atom stereocenters. The summed E-state index contributed by atoms with van der Waals surface area (Å²) in [4.78, 5) is 14.8. The van der Waals surface area contributed by atoms with Crippen molar-refractivity contribution in [2.24, 2.45) is 13.0 Å². The van der Waals surface area contributed by atoms with E-state index in [1.54, 1.807) is 10.9 Å². The van der Waals surface area contributed by atoms with Crippen LogP contribution in [0.3, 0.4) is 0 Å². The molecule has 5 nitrogen and oxygen atoms in total. The number of carbonyl (C=O) groups excluding carboxylic acids is 1. The van der Waals surface area contributed by atoms with Crippen molar-refractivity contribution in [2.75, 3.05) is 26.7 Å². The van der Waals surface area contributed by atoms with E-state index in [4.69, 9.17) is 11.6 Å². The molecule has 1 N–H and O–H groups in total. The first-order valence-corrected chi connectivity index (χ1v) is 8.20. The van der Waals surface area contributed by atoms with Gasteiger partial charge in [-0.25, -0.2) is 0 Å². The van der Waals surface area contributed by atoms with Crippen LogP contribution in [0.5, 0.6) is 0 Å². The summed E-state index contributed by atoms with van der Waals surface area (Å²) < 4.78 is 1.67. The van der Waals surface area contributed by atoms with E-state index in [0.29, 0.717) is 22.2 Å². The number of nitrogens with zero attached hydrogens (tertiary/aromatic N) is 3. The number of halogens is 1. The highest BCUT2D eigenvalue weighted by Crippen LogP contribution is 2.30. The minimum Gasteiger partial charge on any atom is -0.338 e. The molecule has 1 fully saturated rings. The van der Waals surface area contributed by atoms with Crippen LogP contribution in [0.4, 0.5) is 0 Å². The fourth-order valence-corrected chi connectivity index (χ4v) is 3.37. The number of aryl methyl sites for hydroxylation is 1. The number of hydrogen-bond acceptors (Lipinski definition) is 3. The van der Waals surface area contributed by atoms with Crippen LogP contribution in [0.2, 0.25) is 5.02 Å². The molecule has 6 heteroatoms. The molecule has 1 aromatic carbocycles. The van der Waals surface area contributed by atoms with Gasteiger partial charge in [-0.05, 0) is 32.0 Å². The van der Waals surface area contributed by atoms with Gasteiger partial charge in [-0.15, -0.1) is 0 Å². The Morgan fingerprint density at radius 3 is 2.96 bits per heavy atom. The SMILES string of the molecule is CNC[C@@H]1CCN(C(=O)c2cn(C)nc2-c2ccccc2Cl)C1. The van der Waals surface area contributed by atoms with Gasteiger partial charge in [-0.2, -0.15) is 5.10 Å². The lowest BCUT2D eigenvalue weighted by atomic mass is 10.1. The van der Waals surface area contributed by atoms with Gasteiger partial charge in [-0.1, -0.05) is 29.8 Å². The third kappa shape index (κ3) is 3.26. The predicted octanol–water partition coefficient (Wildman–Crippen LogP) is 2.42. The van der Waals surface area contributed by atoms with Crippen LogP contribution in [-0.4, -0.2) is 47.3 Å². The van der Waals surface area contributed by atoms with E-state index in [0.717, 1.165) is 31.6 Å². The van der Waals surface area contributed by atoms with Crippen molar-refractivity contribution in [3.05, 3.63) is 41.0 Å². The van der Waals surface area contributed by atoms with Gasteiger partial charge in [0.15, 0.2) is 0 Å². The van der Waals surface area contributed by atoms with Crippen molar-refractivity contribution in [1.82, 2.24) is 20.0 Å². The summed E-state index contributed by atoms with van der Waals surface area (Å²) >= 11 is 6.29. The average Bonchev–Trinajstić information content (AvgIpc) is 3.14. The second kappa shape index (κ2) is 6.72. The van der Waals surface area contributed by atoms with Crippen LogP contribution < -0.4 is 5.32 Å². The minimum atomic E-state index is 0.0339. The number of amides is 1. The second-order valence-electron chi connectivity index (χ2n) is 6.01. The van der Waals surface area contributed by atoms with Gasteiger partial charge in [0, 0.05) is 31.9 Å². The van der Waals surface area contributed by atoms with Crippen molar-refractivity contribution >= 4 is 17.5 Å². The highest BCUT2D eigenvalue weighted by Gasteiger charge is 2.29. The summed E-state index contributed by atoms with van der Waals surface area (Å²) in [5, 5.41) is 8.25. The van der Waals surface area contributed by atoms with E-state index >= 15 is 0 Å². The summed E-state index contributed by atoms with van der Waals surface area (Å²) in [6, 6.07) is 7.50. The topological polar surface area (TPSA) is 50.2 Å². The van der Waals surface area contributed by atoms with Crippen LogP contribution in [0.15, 0.2) is 30.5 Å². The van der Waals surface area contributed by atoms with Gasteiger partial charge in [0.05, 0.1) is 10.6 Å². The number of likely N-dealkylation sites (tertiary alicyclic amines) is 1. The first-order chi connectivity index (χ1) is 11.1. The smallest absolute Gasteiger partial charge is 0.257 e. The maximum absolute atomic E-state index is 12.9. The summed E-state index contributed by atoms with van der Waals surface area (Å²) in [5.41, 5.74) is 2.06. The van der Waals surface area contributed by atoms with Crippen LogP contribution in [0.1, 0.15) is 16.8 Å². The number of aromatic nitrogens is 2. The minimum absolute atomic E-state index is 0.0339. The van der Waals surface area contributed by atoms with E-state index < -0.39 is 0 Å². The normalized spacial score (nSPS) is 17.7. The van der Waals surface area contributed by atoms with Gasteiger partial charge in [0.2, 0.25) is 0 Å². The van der Waals surface area contributed by atoms with Gasteiger partial charge >= 0.3 is 0 Å². The first-order valence-electron chi connectivity index (χ1n) is 7.82.